The predicted octanol–water partition coefficient (Wildman–Crippen LogP) is -1.81. The van der Waals surface area contributed by atoms with Crippen molar-refractivity contribution in [3.8, 4) is 0 Å². The fraction of sp³-hybridized carbons (Fsp3) is 0.750. The van der Waals surface area contributed by atoms with E-state index in [9.17, 15) is 15.2 Å². The van der Waals surface area contributed by atoms with Gasteiger partial charge in [-0.1, -0.05) is 0 Å². The smallest absolute Gasteiger partial charge is 0.612 e. The van der Waals surface area contributed by atoms with Crippen molar-refractivity contribution in [1.82, 2.24) is 0 Å². The van der Waals surface area contributed by atoms with Crippen LogP contribution in [-0.2, 0) is 9.53 Å². The number of methoxy groups -OCH3 is 1. The molecule has 0 aliphatic heterocycles. The summed E-state index contributed by atoms with van der Waals surface area (Å²) in [4.78, 5) is 10.2. The molecule has 0 bridgehead atoms. The molecule has 0 N–H and O–H groups in total. The number of carbonyl (C=O) groups is 1. The van der Waals surface area contributed by atoms with Gasteiger partial charge < -0.3 is 15.2 Å². The van der Waals surface area contributed by atoms with Crippen molar-refractivity contribution in [2.75, 3.05) is 7.11 Å². The second kappa shape index (κ2) is 8.91. The number of rotatable bonds is 5. The standard InChI is InChI=1S/C8H14NO4.Li/c1-7(9(11)12)5-3-4-6-8(10)13-2;/h3-6H2,1-2H3;/q-1;+1. The number of unbranched alkanes of at least 4 members (excludes halogenated alkanes) is 1. The van der Waals surface area contributed by atoms with Crippen molar-refractivity contribution in [3.05, 3.63) is 10.4 Å². The van der Waals surface area contributed by atoms with E-state index in [1.807, 2.05) is 0 Å². The van der Waals surface area contributed by atoms with Crippen LogP contribution in [0.3, 0.4) is 0 Å². The molecule has 0 heterocycles. The number of carbonyl (C=O) groups excluding carboxylic acids is 1. The number of hydrogen-bond acceptors (Lipinski definition) is 4. The molecule has 0 fully saturated rings. The third-order valence-electron chi connectivity index (χ3n) is 1.71. The summed E-state index contributed by atoms with van der Waals surface area (Å²) in [6, 6.07) is 0. The van der Waals surface area contributed by atoms with Gasteiger partial charge in [-0.3, -0.25) is 4.79 Å². The van der Waals surface area contributed by atoms with Gasteiger partial charge in [-0.25, -0.2) is 0 Å². The number of hydrogen-bond donors (Lipinski definition) is 0. The molecule has 0 aromatic carbocycles. The molecule has 6 heteroatoms. The maximum absolute atomic E-state index is 10.6. The molecule has 14 heavy (non-hydrogen) atoms. The van der Waals surface area contributed by atoms with E-state index < -0.39 is 4.90 Å². The molecule has 5 nitrogen and oxygen atoms in total. The van der Waals surface area contributed by atoms with Crippen LogP contribution in [0.4, 0.5) is 0 Å². The fourth-order valence-electron chi connectivity index (χ4n) is 0.844. The third-order valence-corrected chi connectivity index (χ3v) is 1.71. The Morgan fingerprint density at radius 2 is 1.79 bits per heavy atom. The quantitative estimate of drug-likeness (QED) is 0.129. The summed E-state index contributed by atoms with van der Waals surface area (Å²) in [6.45, 7) is 1.48. The number of nitrogens with zero attached hydrogens (tertiary/aromatic N) is 1. The first-order chi connectivity index (χ1) is 6.07. The van der Waals surface area contributed by atoms with Gasteiger partial charge in [-0.2, -0.15) is 4.90 Å². The molecule has 0 unspecified atom stereocenters. The molecule has 76 valence electrons. The molecule has 0 aromatic rings. The average Bonchev–Trinajstić information content (AvgIpc) is 2.11. The van der Waals surface area contributed by atoms with Crippen molar-refractivity contribution in [2.24, 2.45) is 0 Å². The van der Waals surface area contributed by atoms with E-state index in [1.54, 1.807) is 0 Å². The molecular formula is C8H14LiNO4. The summed E-state index contributed by atoms with van der Waals surface area (Å²) in [7, 11) is 1.33. The van der Waals surface area contributed by atoms with Crippen LogP contribution in [0.25, 0.3) is 0 Å². The Kier molecular flexibility index (Phi) is 10.1. The van der Waals surface area contributed by atoms with E-state index in [1.165, 1.54) is 14.0 Å². The predicted molar refractivity (Wildman–Crippen MR) is 48.2 cm³/mol. The molecule has 0 rings (SSSR count). The van der Waals surface area contributed by atoms with Crippen molar-refractivity contribution in [2.45, 2.75) is 32.6 Å². The first kappa shape index (κ1) is 15.8. The molecule has 0 saturated carbocycles. The first-order valence-corrected chi connectivity index (χ1v) is 4.11. The minimum Gasteiger partial charge on any atom is -0.612 e. The van der Waals surface area contributed by atoms with Gasteiger partial charge in [0.1, 0.15) is 0 Å². The van der Waals surface area contributed by atoms with E-state index in [-0.39, 0.29) is 30.5 Å². The maximum Gasteiger partial charge on any atom is 1.00 e. The van der Waals surface area contributed by atoms with Crippen LogP contribution in [0.2, 0.25) is 0 Å². The summed E-state index contributed by atoms with van der Waals surface area (Å²) in [5.41, 5.74) is 0.241. The molecule has 0 spiro atoms. The average molecular weight is 195 g/mol. The van der Waals surface area contributed by atoms with Crippen LogP contribution in [0, 0.1) is 10.4 Å². The van der Waals surface area contributed by atoms with Gasteiger partial charge in [0, 0.05) is 19.8 Å². The molecule has 0 aliphatic carbocycles. The SMILES string of the molecule is COC(=O)CCCCC(C)=[N+]([O-])[O-].[Li+]. The largest absolute Gasteiger partial charge is 1.00 e. The number of esters is 1. The van der Waals surface area contributed by atoms with Gasteiger partial charge in [-0.05, 0) is 12.8 Å². The van der Waals surface area contributed by atoms with E-state index in [0.717, 1.165) is 0 Å². The van der Waals surface area contributed by atoms with Crippen molar-refractivity contribution in [1.29, 1.82) is 0 Å². The Morgan fingerprint density at radius 1 is 1.29 bits per heavy atom. The molecular weight excluding hydrogens is 181 g/mol. The summed E-state index contributed by atoms with van der Waals surface area (Å²) in [5, 5.41) is 20.3. The van der Waals surface area contributed by atoms with E-state index in [4.69, 9.17) is 0 Å². The van der Waals surface area contributed by atoms with Gasteiger partial charge in [0.05, 0.1) is 7.11 Å². The maximum atomic E-state index is 10.6. The Bertz CT molecular complexity index is 202. The van der Waals surface area contributed by atoms with Crippen LogP contribution in [0.15, 0.2) is 0 Å². The summed E-state index contributed by atoms with van der Waals surface area (Å²) < 4.78 is 4.43. The van der Waals surface area contributed by atoms with Crippen LogP contribution in [0.1, 0.15) is 32.6 Å². The fourth-order valence-corrected chi connectivity index (χ4v) is 0.844. The Morgan fingerprint density at radius 3 is 2.21 bits per heavy atom. The monoisotopic (exact) mass is 195 g/mol. The van der Waals surface area contributed by atoms with Crippen LogP contribution in [-0.4, -0.2) is 23.7 Å². The van der Waals surface area contributed by atoms with Gasteiger partial charge in [0.15, 0.2) is 5.71 Å². The van der Waals surface area contributed by atoms with Crippen LogP contribution in [0.5, 0.6) is 0 Å². The van der Waals surface area contributed by atoms with Crippen molar-refractivity contribution < 1.29 is 33.3 Å². The van der Waals surface area contributed by atoms with Crippen molar-refractivity contribution in [3.63, 3.8) is 0 Å². The van der Waals surface area contributed by atoms with Gasteiger partial charge >= 0.3 is 24.8 Å². The Labute approximate surface area is 95.5 Å². The third kappa shape index (κ3) is 7.96. The molecule has 0 amide bonds. The van der Waals surface area contributed by atoms with Crippen molar-refractivity contribution >= 4 is 11.7 Å². The second-order valence-corrected chi connectivity index (χ2v) is 2.78. The topological polar surface area (TPSA) is 75.4 Å². The Hall–Kier alpha value is -0.663. The summed E-state index contributed by atoms with van der Waals surface area (Å²) in [5.74, 6) is -0.265. The zero-order chi connectivity index (χ0) is 10.3. The zero-order valence-corrected chi connectivity index (χ0v) is 8.91. The molecule has 0 aromatic heterocycles. The van der Waals surface area contributed by atoms with Gasteiger partial charge in [-0.15, -0.1) is 0 Å². The first-order valence-electron chi connectivity index (χ1n) is 4.11. The van der Waals surface area contributed by atoms with Gasteiger partial charge in [0.25, 0.3) is 0 Å². The van der Waals surface area contributed by atoms with E-state index in [0.29, 0.717) is 25.7 Å². The molecule has 0 atom stereocenters. The Balaban J connectivity index is 0. The normalized spacial score (nSPS) is 8.71. The van der Waals surface area contributed by atoms with E-state index in [2.05, 4.69) is 4.74 Å². The molecule has 0 aliphatic rings. The zero-order valence-electron chi connectivity index (χ0n) is 8.91. The minimum atomic E-state index is -0.391. The number of ether oxygens (including phenoxy) is 1. The van der Waals surface area contributed by atoms with Crippen LogP contribution >= 0.6 is 0 Å². The second-order valence-electron chi connectivity index (χ2n) is 2.78. The van der Waals surface area contributed by atoms with Crippen LogP contribution < -0.4 is 18.9 Å². The summed E-state index contributed by atoms with van der Waals surface area (Å²) >= 11 is 0. The minimum absolute atomic E-state index is 0. The molecule has 0 radical (unpaired) electrons. The van der Waals surface area contributed by atoms with Gasteiger partial charge in [0.2, 0.25) is 0 Å². The van der Waals surface area contributed by atoms with E-state index >= 15 is 0 Å². The molecule has 0 saturated heterocycles. The summed E-state index contributed by atoms with van der Waals surface area (Å²) in [6.07, 6.45) is 2.06.